The van der Waals surface area contributed by atoms with Gasteiger partial charge in [-0.1, -0.05) is 0 Å². The molecule has 2 N–H and O–H groups in total. The van der Waals surface area contributed by atoms with Crippen LogP contribution in [0.5, 0.6) is 0 Å². The monoisotopic (exact) mass is 374 g/mol. The summed E-state index contributed by atoms with van der Waals surface area (Å²) in [5.41, 5.74) is 0. The van der Waals surface area contributed by atoms with Crippen LogP contribution < -0.4 is 10.6 Å². The van der Waals surface area contributed by atoms with Gasteiger partial charge in [-0.15, -0.1) is 24.0 Å². The molecule has 0 heterocycles. The van der Waals surface area contributed by atoms with Crippen molar-refractivity contribution >= 4 is 29.9 Å². The van der Waals surface area contributed by atoms with Crippen molar-refractivity contribution in [3.8, 4) is 0 Å². The van der Waals surface area contributed by atoms with Crippen LogP contribution in [0, 0.1) is 0 Å². The molecular weight excluding hydrogens is 347 g/mol. The molecule has 18 heavy (non-hydrogen) atoms. The molecule has 0 aliphatic rings. The lowest BCUT2D eigenvalue weighted by atomic mass is 10.5. The maximum atomic E-state index is 5.01. The lowest BCUT2D eigenvalue weighted by Crippen LogP contribution is -2.42. The number of halogens is 1. The van der Waals surface area contributed by atoms with Crippen molar-refractivity contribution in [2.45, 2.75) is 0 Å². The average molecular weight is 374 g/mol. The van der Waals surface area contributed by atoms with Crippen LogP contribution in [0.3, 0.4) is 0 Å². The Morgan fingerprint density at radius 1 is 1.06 bits per heavy atom. The van der Waals surface area contributed by atoms with Crippen molar-refractivity contribution in [1.29, 1.82) is 0 Å². The third-order valence-corrected chi connectivity index (χ3v) is 2.29. The maximum Gasteiger partial charge on any atom is 0.191 e. The minimum atomic E-state index is 0. The Morgan fingerprint density at radius 3 is 2.22 bits per heavy atom. The van der Waals surface area contributed by atoms with Gasteiger partial charge in [0, 0.05) is 47.4 Å². The number of rotatable bonds is 9. The van der Waals surface area contributed by atoms with Crippen LogP contribution in [0.15, 0.2) is 4.99 Å². The summed E-state index contributed by atoms with van der Waals surface area (Å²) in [7, 11) is 7.23. The molecule has 0 radical (unpaired) electrons. The molecule has 0 aromatic carbocycles. The molecule has 0 rings (SSSR count). The molecule has 0 amide bonds. The topological polar surface area (TPSA) is 58.1 Å². The third kappa shape index (κ3) is 12.3. The highest BCUT2D eigenvalue weighted by Crippen LogP contribution is 1.81. The second-order valence-electron chi connectivity index (χ2n) is 3.71. The summed E-state index contributed by atoms with van der Waals surface area (Å²) in [5, 5.41) is 6.39. The zero-order chi connectivity index (χ0) is 12.9. The molecule has 6 nitrogen and oxygen atoms in total. The molecule has 0 aliphatic carbocycles. The van der Waals surface area contributed by atoms with E-state index in [0.29, 0.717) is 6.61 Å². The summed E-state index contributed by atoms with van der Waals surface area (Å²) >= 11 is 0. The summed E-state index contributed by atoms with van der Waals surface area (Å²) < 4.78 is 9.97. The van der Waals surface area contributed by atoms with Crippen molar-refractivity contribution in [2.24, 2.45) is 4.99 Å². The first-order valence-corrected chi connectivity index (χ1v) is 5.85. The summed E-state index contributed by atoms with van der Waals surface area (Å²) in [6.07, 6.45) is 0. The van der Waals surface area contributed by atoms with E-state index >= 15 is 0 Å². The number of aliphatic imine (C=N–C) groups is 1. The van der Waals surface area contributed by atoms with Crippen LogP contribution in [-0.4, -0.2) is 78.6 Å². The quantitative estimate of drug-likeness (QED) is 0.258. The highest BCUT2D eigenvalue weighted by atomic mass is 127. The van der Waals surface area contributed by atoms with Crippen LogP contribution in [0.4, 0.5) is 0 Å². The SMILES string of the molecule is CN=C(NCCOC)NCCN(C)CCOC.I. The molecule has 7 heteroatoms. The molecule has 0 aliphatic heterocycles. The van der Waals surface area contributed by atoms with Gasteiger partial charge in [0.25, 0.3) is 0 Å². The van der Waals surface area contributed by atoms with Crippen molar-refractivity contribution in [3.63, 3.8) is 0 Å². The van der Waals surface area contributed by atoms with E-state index < -0.39 is 0 Å². The van der Waals surface area contributed by atoms with Crippen molar-refractivity contribution < 1.29 is 9.47 Å². The number of methoxy groups -OCH3 is 2. The van der Waals surface area contributed by atoms with Gasteiger partial charge in [-0.05, 0) is 7.05 Å². The average Bonchev–Trinajstić information content (AvgIpc) is 2.34. The zero-order valence-corrected chi connectivity index (χ0v) is 14.2. The van der Waals surface area contributed by atoms with E-state index in [0.717, 1.165) is 38.7 Å². The fourth-order valence-electron chi connectivity index (χ4n) is 1.22. The lowest BCUT2D eigenvalue weighted by Gasteiger charge is -2.17. The van der Waals surface area contributed by atoms with Gasteiger partial charge in [0.2, 0.25) is 0 Å². The van der Waals surface area contributed by atoms with E-state index in [4.69, 9.17) is 9.47 Å². The first kappa shape index (κ1) is 20.2. The van der Waals surface area contributed by atoms with Gasteiger partial charge in [0.15, 0.2) is 5.96 Å². The summed E-state index contributed by atoms with van der Waals surface area (Å²) in [6.45, 7) is 4.94. The Balaban J connectivity index is 0. The van der Waals surface area contributed by atoms with E-state index in [1.807, 2.05) is 0 Å². The number of hydrogen-bond acceptors (Lipinski definition) is 4. The largest absolute Gasteiger partial charge is 0.383 e. The molecule has 0 spiro atoms. The fourth-order valence-corrected chi connectivity index (χ4v) is 1.22. The van der Waals surface area contributed by atoms with E-state index in [9.17, 15) is 0 Å². The van der Waals surface area contributed by atoms with Crippen LogP contribution in [0.2, 0.25) is 0 Å². The second kappa shape index (κ2) is 14.9. The predicted molar refractivity (Wildman–Crippen MR) is 86.0 cm³/mol. The molecule has 0 aromatic rings. The predicted octanol–water partition coefficient (Wildman–Crippen LogP) is -0.00600. The van der Waals surface area contributed by atoms with Gasteiger partial charge in [0.05, 0.1) is 13.2 Å². The van der Waals surface area contributed by atoms with E-state index in [1.165, 1.54) is 0 Å². The number of likely N-dealkylation sites (N-methyl/N-ethyl adjacent to an activating group) is 1. The molecular formula is C11H27IN4O2. The second-order valence-corrected chi connectivity index (χ2v) is 3.71. The Kier molecular flexibility index (Phi) is 16.8. The first-order valence-electron chi connectivity index (χ1n) is 5.85. The minimum absolute atomic E-state index is 0. The van der Waals surface area contributed by atoms with Crippen LogP contribution in [-0.2, 0) is 9.47 Å². The summed E-state index contributed by atoms with van der Waals surface area (Å²) in [6, 6.07) is 0. The van der Waals surface area contributed by atoms with Crippen LogP contribution >= 0.6 is 24.0 Å². The molecule has 0 unspecified atom stereocenters. The highest BCUT2D eigenvalue weighted by Gasteiger charge is 1.99. The third-order valence-electron chi connectivity index (χ3n) is 2.29. The maximum absolute atomic E-state index is 5.01. The fraction of sp³-hybridized carbons (Fsp3) is 0.909. The molecule has 0 aromatic heterocycles. The standard InChI is InChI=1S/C11H26N4O2.HI/c1-12-11(14-6-9-16-3)13-5-7-15(2)8-10-17-4;/h5-10H2,1-4H3,(H2,12,13,14);1H. The van der Waals surface area contributed by atoms with Crippen molar-refractivity contribution in [3.05, 3.63) is 0 Å². The Bertz CT molecular complexity index is 205. The van der Waals surface area contributed by atoms with E-state index in [1.54, 1.807) is 21.3 Å². The normalized spacial score (nSPS) is 11.3. The number of ether oxygens (including phenoxy) is 2. The van der Waals surface area contributed by atoms with Crippen molar-refractivity contribution in [2.75, 3.05) is 67.7 Å². The highest BCUT2D eigenvalue weighted by molar-refractivity contribution is 14.0. The zero-order valence-electron chi connectivity index (χ0n) is 11.9. The number of hydrogen-bond donors (Lipinski definition) is 2. The van der Waals surface area contributed by atoms with Gasteiger partial charge in [-0.25, -0.2) is 0 Å². The molecule has 0 atom stereocenters. The van der Waals surface area contributed by atoms with E-state index in [2.05, 4.69) is 27.6 Å². The smallest absolute Gasteiger partial charge is 0.191 e. The molecule has 110 valence electrons. The summed E-state index contributed by atoms with van der Waals surface area (Å²) in [4.78, 5) is 6.32. The van der Waals surface area contributed by atoms with Crippen LogP contribution in [0.25, 0.3) is 0 Å². The first-order chi connectivity index (χ1) is 8.24. The van der Waals surface area contributed by atoms with Gasteiger partial charge >= 0.3 is 0 Å². The van der Waals surface area contributed by atoms with Gasteiger partial charge in [-0.3, -0.25) is 4.99 Å². The number of nitrogens with zero attached hydrogens (tertiary/aromatic N) is 2. The van der Waals surface area contributed by atoms with Gasteiger partial charge in [-0.2, -0.15) is 0 Å². The van der Waals surface area contributed by atoms with Crippen molar-refractivity contribution in [1.82, 2.24) is 15.5 Å². The Hall–Kier alpha value is -0.120. The number of nitrogens with one attached hydrogen (secondary N) is 2. The van der Waals surface area contributed by atoms with Crippen LogP contribution in [0.1, 0.15) is 0 Å². The number of guanidine groups is 1. The molecule has 0 fully saturated rings. The van der Waals surface area contributed by atoms with E-state index in [-0.39, 0.29) is 24.0 Å². The minimum Gasteiger partial charge on any atom is -0.383 e. The molecule has 0 bridgehead atoms. The molecule has 0 saturated heterocycles. The summed E-state index contributed by atoms with van der Waals surface area (Å²) in [5.74, 6) is 0.808. The Labute approximate surface area is 128 Å². The van der Waals surface area contributed by atoms with Gasteiger partial charge < -0.3 is 25.0 Å². The molecule has 0 saturated carbocycles. The Morgan fingerprint density at radius 2 is 1.67 bits per heavy atom. The lowest BCUT2D eigenvalue weighted by molar-refractivity contribution is 0.162. The van der Waals surface area contributed by atoms with Gasteiger partial charge in [0.1, 0.15) is 0 Å².